The van der Waals surface area contributed by atoms with Crippen molar-refractivity contribution in [2.45, 2.75) is 27.7 Å². The highest BCUT2D eigenvalue weighted by Crippen LogP contribution is 2.48. The third-order valence-electron chi connectivity index (χ3n) is 5.78. The summed E-state index contributed by atoms with van der Waals surface area (Å²) >= 11 is 0. The first kappa shape index (κ1) is 22.1. The number of hydrogen-bond acceptors (Lipinski definition) is 5. The Hall–Kier alpha value is -4.12. The van der Waals surface area contributed by atoms with E-state index in [1.54, 1.807) is 29.2 Å². The Labute approximate surface area is 193 Å². The first-order valence-corrected chi connectivity index (χ1v) is 10.7. The standard InChI is InChI=1S/C28H27NO4/c1-17-9-11-21(25(31)15-17)29(22-12-10-18(2)16-26(22)32)23-7-5-6-8-28(23)33-27-14-13-24(30)19(3)20(27)4/h5-16,30-32H,1-4H3. The van der Waals surface area contributed by atoms with Gasteiger partial charge in [0.2, 0.25) is 0 Å². The summed E-state index contributed by atoms with van der Waals surface area (Å²) in [6.07, 6.45) is 0. The van der Waals surface area contributed by atoms with Gasteiger partial charge in [-0.3, -0.25) is 4.90 Å². The average Bonchev–Trinajstić information content (AvgIpc) is 2.78. The summed E-state index contributed by atoms with van der Waals surface area (Å²) < 4.78 is 6.31. The van der Waals surface area contributed by atoms with Crippen molar-refractivity contribution in [2.24, 2.45) is 0 Å². The molecule has 0 aliphatic carbocycles. The van der Waals surface area contributed by atoms with E-state index in [-0.39, 0.29) is 17.2 Å². The second kappa shape index (κ2) is 8.79. The number of rotatable bonds is 5. The number of ether oxygens (including phenoxy) is 1. The molecular weight excluding hydrogens is 414 g/mol. The zero-order valence-corrected chi connectivity index (χ0v) is 19.1. The van der Waals surface area contributed by atoms with Crippen LogP contribution in [0.1, 0.15) is 22.3 Å². The highest BCUT2D eigenvalue weighted by Gasteiger charge is 2.23. The summed E-state index contributed by atoms with van der Waals surface area (Å²) in [5.74, 6) is 1.52. The number of aryl methyl sites for hydroxylation is 2. The van der Waals surface area contributed by atoms with Crippen LogP contribution in [0.15, 0.2) is 72.8 Å². The van der Waals surface area contributed by atoms with Crippen LogP contribution in [0, 0.1) is 27.7 Å². The number of phenols is 3. The van der Waals surface area contributed by atoms with Gasteiger partial charge in [0, 0.05) is 0 Å². The van der Waals surface area contributed by atoms with Crippen molar-refractivity contribution < 1.29 is 20.1 Å². The zero-order valence-electron chi connectivity index (χ0n) is 19.1. The molecule has 4 aromatic rings. The van der Waals surface area contributed by atoms with E-state index in [1.807, 2.05) is 76.2 Å². The van der Waals surface area contributed by atoms with E-state index in [2.05, 4.69) is 0 Å². The van der Waals surface area contributed by atoms with Crippen LogP contribution >= 0.6 is 0 Å². The van der Waals surface area contributed by atoms with Gasteiger partial charge in [-0.2, -0.15) is 0 Å². The molecule has 4 aromatic carbocycles. The molecule has 0 fully saturated rings. The third kappa shape index (κ3) is 4.30. The van der Waals surface area contributed by atoms with Crippen LogP contribution < -0.4 is 9.64 Å². The highest BCUT2D eigenvalue weighted by atomic mass is 16.5. The molecule has 0 radical (unpaired) electrons. The molecule has 0 amide bonds. The predicted molar refractivity (Wildman–Crippen MR) is 132 cm³/mol. The molecule has 0 bridgehead atoms. The van der Waals surface area contributed by atoms with Gasteiger partial charge in [0.05, 0.1) is 17.1 Å². The molecule has 4 rings (SSSR count). The van der Waals surface area contributed by atoms with Gasteiger partial charge in [-0.05, 0) is 98.5 Å². The lowest BCUT2D eigenvalue weighted by Crippen LogP contribution is -2.12. The fourth-order valence-electron chi connectivity index (χ4n) is 3.77. The quantitative estimate of drug-likeness (QED) is 0.303. The van der Waals surface area contributed by atoms with E-state index < -0.39 is 0 Å². The molecule has 168 valence electrons. The van der Waals surface area contributed by atoms with Crippen molar-refractivity contribution in [3.63, 3.8) is 0 Å². The van der Waals surface area contributed by atoms with Crippen LogP contribution in [0.25, 0.3) is 0 Å². The Bertz CT molecular complexity index is 1280. The summed E-state index contributed by atoms with van der Waals surface area (Å²) in [6.45, 7) is 7.54. The number of hydrogen-bond donors (Lipinski definition) is 3. The Morgan fingerprint density at radius 3 is 1.70 bits per heavy atom. The predicted octanol–water partition coefficient (Wildman–Crippen LogP) is 7.30. The minimum atomic E-state index is 0.0847. The molecule has 0 aliphatic heterocycles. The summed E-state index contributed by atoms with van der Waals surface area (Å²) in [7, 11) is 0. The van der Waals surface area contributed by atoms with Gasteiger partial charge in [-0.25, -0.2) is 0 Å². The molecule has 0 aliphatic rings. The van der Waals surface area contributed by atoms with E-state index >= 15 is 0 Å². The third-order valence-corrected chi connectivity index (χ3v) is 5.78. The topological polar surface area (TPSA) is 73.2 Å². The van der Waals surface area contributed by atoms with Crippen LogP contribution in [0.4, 0.5) is 17.1 Å². The van der Waals surface area contributed by atoms with Gasteiger partial charge in [0.15, 0.2) is 5.75 Å². The Balaban J connectivity index is 1.91. The van der Waals surface area contributed by atoms with Crippen molar-refractivity contribution >= 4 is 17.1 Å². The van der Waals surface area contributed by atoms with Crippen molar-refractivity contribution in [1.29, 1.82) is 0 Å². The first-order valence-electron chi connectivity index (χ1n) is 10.7. The van der Waals surface area contributed by atoms with Gasteiger partial charge < -0.3 is 20.1 Å². The van der Waals surface area contributed by atoms with Gasteiger partial charge >= 0.3 is 0 Å². The number of anilines is 3. The Morgan fingerprint density at radius 1 is 0.545 bits per heavy atom. The van der Waals surface area contributed by atoms with Crippen LogP contribution in [-0.4, -0.2) is 15.3 Å². The summed E-state index contributed by atoms with van der Waals surface area (Å²) in [6, 6.07) is 21.6. The number of nitrogens with zero attached hydrogens (tertiary/aromatic N) is 1. The van der Waals surface area contributed by atoms with E-state index in [9.17, 15) is 15.3 Å². The molecule has 5 heteroatoms. The maximum Gasteiger partial charge on any atom is 0.151 e. The number of aromatic hydroxyl groups is 3. The monoisotopic (exact) mass is 441 g/mol. The normalized spacial score (nSPS) is 10.8. The molecular formula is C28H27NO4. The molecule has 0 heterocycles. The molecule has 33 heavy (non-hydrogen) atoms. The van der Waals surface area contributed by atoms with Crippen LogP contribution in [0.5, 0.6) is 28.7 Å². The second-order valence-electron chi connectivity index (χ2n) is 8.22. The van der Waals surface area contributed by atoms with E-state index in [0.717, 1.165) is 22.3 Å². The largest absolute Gasteiger partial charge is 0.508 e. The first-order chi connectivity index (χ1) is 15.8. The molecule has 0 spiro atoms. The molecule has 5 nitrogen and oxygen atoms in total. The number of benzene rings is 4. The maximum absolute atomic E-state index is 10.8. The minimum absolute atomic E-state index is 0.0847. The SMILES string of the molecule is Cc1ccc(N(c2ccc(C)cc2O)c2ccccc2Oc2ccc(O)c(C)c2C)c(O)c1. The Kier molecular flexibility index (Phi) is 5.88. The smallest absolute Gasteiger partial charge is 0.151 e. The summed E-state index contributed by atoms with van der Waals surface area (Å²) in [4.78, 5) is 1.78. The number of para-hydroxylation sites is 2. The van der Waals surface area contributed by atoms with E-state index in [4.69, 9.17) is 4.74 Å². The molecule has 0 saturated carbocycles. The summed E-state index contributed by atoms with van der Waals surface area (Å²) in [5, 5.41) is 31.7. The molecule has 3 N–H and O–H groups in total. The fraction of sp³-hybridized carbons (Fsp3) is 0.143. The molecule has 0 saturated heterocycles. The second-order valence-corrected chi connectivity index (χ2v) is 8.22. The Morgan fingerprint density at radius 2 is 1.12 bits per heavy atom. The van der Waals surface area contributed by atoms with E-state index in [0.29, 0.717) is 28.6 Å². The highest BCUT2D eigenvalue weighted by molar-refractivity contribution is 5.85. The minimum Gasteiger partial charge on any atom is -0.508 e. The van der Waals surface area contributed by atoms with Gasteiger partial charge in [0.25, 0.3) is 0 Å². The van der Waals surface area contributed by atoms with Crippen molar-refractivity contribution in [3.05, 3.63) is 95.1 Å². The average molecular weight is 442 g/mol. The van der Waals surface area contributed by atoms with Crippen molar-refractivity contribution in [3.8, 4) is 28.7 Å². The van der Waals surface area contributed by atoms with Gasteiger partial charge in [0.1, 0.15) is 23.0 Å². The maximum atomic E-state index is 10.8. The lowest BCUT2D eigenvalue weighted by molar-refractivity contribution is 0.457. The summed E-state index contributed by atoms with van der Waals surface area (Å²) in [5.41, 5.74) is 5.07. The van der Waals surface area contributed by atoms with Crippen molar-refractivity contribution in [1.82, 2.24) is 0 Å². The van der Waals surface area contributed by atoms with Crippen molar-refractivity contribution in [2.75, 3.05) is 4.90 Å². The van der Waals surface area contributed by atoms with Crippen LogP contribution in [0.3, 0.4) is 0 Å². The van der Waals surface area contributed by atoms with Crippen LogP contribution in [0.2, 0.25) is 0 Å². The van der Waals surface area contributed by atoms with Crippen LogP contribution in [-0.2, 0) is 0 Å². The molecule has 0 atom stereocenters. The molecule has 0 unspecified atom stereocenters. The lowest BCUT2D eigenvalue weighted by atomic mass is 10.1. The molecule has 0 aromatic heterocycles. The number of phenolic OH excluding ortho intramolecular Hbond substituents is 3. The van der Waals surface area contributed by atoms with Gasteiger partial charge in [-0.1, -0.05) is 24.3 Å². The van der Waals surface area contributed by atoms with Gasteiger partial charge in [-0.15, -0.1) is 0 Å². The fourth-order valence-corrected chi connectivity index (χ4v) is 3.77. The lowest BCUT2D eigenvalue weighted by Gasteiger charge is -2.28. The van der Waals surface area contributed by atoms with E-state index in [1.165, 1.54) is 0 Å². The zero-order chi connectivity index (χ0) is 23.7.